The number of nitrogens with zero attached hydrogens (tertiary/aromatic N) is 2. The first-order valence-electron chi connectivity index (χ1n) is 9.89. The topological polar surface area (TPSA) is 79.3 Å². The molecule has 0 fully saturated rings. The van der Waals surface area contributed by atoms with E-state index in [1.807, 2.05) is 13.8 Å². The van der Waals surface area contributed by atoms with E-state index < -0.39 is 6.36 Å². The van der Waals surface area contributed by atoms with Gasteiger partial charge in [0.05, 0.1) is 29.1 Å². The molecule has 3 rings (SSSR count). The van der Waals surface area contributed by atoms with Gasteiger partial charge in [-0.25, -0.2) is 4.98 Å². The predicted octanol–water partition coefficient (Wildman–Crippen LogP) is 6.52. The molecular weight excluding hydrogens is 480 g/mol. The summed E-state index contributed by atoms with van der Waals surface area (Å²) in [5.41, 5.74) is 1.17. The predicted molar refractivity (Wildman–Crippen MR) is 123 cm³/mol. The van der Waals surface area contributed by atoms with Crippen LogP contribution in [-0.4, -0.2) is 34.1 Å². The Balaban J connectivity index is 2.03. The van der Waals surface area contributed by atoms with Crippen molar-refractivity contribution in [3.63, 3.8) is 0 Å². The van der Waals surface area contributed by atoms with Crippen molar-refractivity contribution >= 4 is 40.7 Å². The van der Waals surface area contributed by atoms with Gasteiger partial charge in [0.1, 0.15) is 11.6 Å². The third-order valence-corrected chi connectivity index (χ3v) is 5.16. The van der Waals surface area contributed by atoms with Gasteiger partial charge in [-0.1, -0.05) is 49.2 Å². The molecule has 2 aromatic carbocycles. The van der Waals surface area contributed by atoms with Gasteiger partial charge in [-0.2, -0.15) is 4.98 Å². The number of benzene rings is 2. The second kappa shape index (κ2) is 10.5. The largest absolute Gasteiger partial charge is 0.573 e. The molecule has 0 unspecified atom stereocenters. The normalized spacial score (nSPS) is 12.5. The van der Waals surface area contributed by atoms with Gasteiger partial charge in [0.15, 0.2) is 0 Å². The summed E-state index contributed by atoms with van der Waals surface area (Å²) in [6.07, 6.45) is -4.82. The van der Waals surface area contributed by atoms with Gasteiger partial charge in [-0.15, -0.1) is 13.2 Å². The zero-order chi connectivity index (χ0) is 24.2. The molecule has 1 aromatic heterocycles. The molecular formula is C22H21Cl2F3N4O2. The number of nitrogens with one attached hydrogen (secondary N) is 2. The average Bonchev–Trinajstić information content (AvgIpc) is 2.73. The fraction of sp³-hybridized carbons (Fsp3) is 0.273. The SMILES string of the molecule is CC(C)[C@H](CO)Nc1nc(Nc2cc(Cl)ccc2Cl)cc(-c2cccc(OC(F)(F)F)c2)n1. The van der Waals surface area contributed by atoms with Crippen molar-refractivity contribution in [1.82, 2.24) is 9.97 Å². The molecule has 3 N–H and O–H groups in total. The van der Waals surface area contributed by atoms with Crippen LogP contribution in [0.3, 0.4) is 0 Å². The monoisotopic (exact) mass is 500 g/mol. The number of rotatable bonds is 8. The zero-order valence-corrected chi connectivity index (χ0v) is 19.1. The Labute approximate surface area is 198 Å². The molecule has 0 radical (unpaired) electrons. The number of alkyl halides is 3. The summed E-state index contributed by atoms with van der Waals surface area (Å²) in [6.45, 7) is 3.67. The van der Waals surface area contributed by atoms with E-state index in [0.29, 0.717) is 32.8 Å². The van der Waals surface area contributed by atoms with E-state index in [0.717, 1.165) is 0 Å². The molecule has 1 atom stereocenters. The van der Waals surface area contributed by atoms with Gasteiger partial charge in [0.2, 0.25) is 5.95 Å². The van der Waals surface area contributed by atoms with Crippen molar-refractivity contribution in [2.45, 2.75) is 26.3 Å². The summed E-state index contributed by atoms with van der Waals surface area (Å²) in [7, 11) is 0. The Morgan fingerprint density at radius 1 is 1.06 bits per heavy atom. The van der Waals surface area contributed by atoms with Crippen LogP contribution in [0.15, 0.2) is 48.5 Å². The van der Waals surface area contributed by atoms with Gasteiger partial charge in [-0.3, -0.25) is 0 Å². The minimum atomic E-state index is -4.82. The van der Waals surface area contributed by atoms with Gasteiger partial charge in [0, 0.05) is 16.7 Å². The van der Waals surface area contributed by atoms with Crippen LogP contribution in [0, 0.1) is 5.92 Å². The number of aromatic nitrogens is 2. The molecule has 0 aliphatic rings. The molecule has 0 aliphatic carbocycles. The molecule has 1 heterocycles. The van der Waals surface area contributed by atoms with Gasteiger partial charge in [-0.05, 0) is 36.2 Å². The molecule has 0 aliphatic heterocycles. The van der Waals surface area contributed by atoms with E-state index in [4.69, 9.17) is 23.2 Å². The van der Waals surface area contributed by atoms with Crippen LogP contribution in [0.4, 0.5) is 30.6 Å². The molecule has 0 bridgehead atoms. The van der Waals surface area contributed by atoms with Crippen LogP contribution in [0.1, 0.15) is 13.8 Å². The van der Waals surface area contributed by atoms with Crippen LogP contribution >= 0.6 is 23.2 Å². The number of ether oxygens (including phenoxy) is 1. The third-order valence-electron chi connectivity index (χ3n) is 4.60. The second-order valence-electron chi connectivity index (χ2n) is 7.46. The molecule has 11 heteroatoms. The zero-order valence-electron chi connectivity index (χ0n) is 17.6. The lowest BCUT2D eigenvalue weighted by Gasteiger charge is -2.21. The first-order chi connectivity index (χ1) is 15.5. The van der Waals surface area contributed by atoms with Crippen LogP contribution in [0.5, 0.6) is 5.75 Å². The molecule has 0 saturated carbocycles. The molecule has 3 aromatic rings. The smallest absolute Gasteiger partial charge is 0.406 e. The summed E-state index contributed by atoms with van der Waals surface area (Å²) in [6, 6.07) is 11.5. The number of hydrogen-bond donors (Lipinski definition) is 3. The highest BCUT2D eigenvalue weighted by Gasteiger charge is 2.31. The number of anilines is 3. The lowest BCUT2D eigenvalue weighted by Crippen LogP contribution is -2.30. The molecule has 0 spiro atoms. The summed E-state index contributed by atoms with van der Waals surface area (Å²) in [4.78, 5) is 8.84. The van der Waals surface area contributed by atoms with Crippen molar-refractivity contribution in [1.29, 1.82) is 0 Å². The van der Waals surface area contributed by atoms with E-state index in [-0.39, 0.29) is 30.3 Å². The quantitative estimate of drug-likeness (QED) is 0.326. The van der Waals surface area contributed by atoms with Gasteiger partial charge >= 0.3 is 6.36 Å². The fourth-order valence-electron chi connectivity index (χ4n) is 2.90. The van der Waals surface area contributed by atoms with Crippen LogP contribution in [0.2, 0.25) is 10.0 Å². The Hall–Kier alpha value is -2.75. The van der Waals surface area contributed by atoms with Crippen molar-refractivity contribution < 1.29 is 23.0 Å². The number of aliphatic hydroxyl groups excluding tert-OH is 1. The average molecular weight is 501 g/mol. The molecule has 33 heavy (non-hydrogen) atoms. The summed E-state index contributed by atoms with van der Waals surface area (Å²) < 4.78 is 42.0. The van der Waals surface area contributed by atoms with E-state index in [1.54, 1.807) is 30.3 Å². The minimum Gasteiger partial charge on any atom is -0.406 e. The summed E-state index contributed by atoms with van der Waals surface area (Å²) in [5.74, 6) is 0.165. The Bertz CT molecular complexity index is 1110. The van der Waals surface area contributed by atoms with Crippen molar-refractivity contribution in [3.05, 3.63) is 58.6 Å². The maximum atomic E-state index is 12.7. The minimum absolute atomic E-state index is 0.0598. The fourth-order valence-corrected chi connectivity index (χ4v) is 3.23. The Morgan fingerprint density at radius 2 is 1.82 bits per heavy atom. The van der Waals surface area contributed by atoms with Crippen LogP contribution in [-0.2, 0) is 0 Å². The highest BCUT2D eigenvalue weighted by atomic mass is 35.5. The molecule has 0 amide bonds. The van der Waals surface area contributed by atoms with E-state index in [2.05, 4.69) is 25.3 Å². The first-order valence-corrected chi connectivity index (χ1v) is 10.6. The highest BCUT2D eigenvalue weighted by molar-refractivity contribution is 6.35. The van der Waals surface area contributed by atoms with Crippen molar-refractivity contribution in [2.24, 2.45) is 5.92 Å². The lowest BCUT2D eigenvalue weighted by atomic mass is 10.1. The van der Waals surface area contributed by atoms with E-state index in [9.17, 15) is 18.3 Å². The van der Waals surface area contributed by atoms with Crippen molar-refractivity contribution in [3.8, 4) is 17.0 Å². The maximum Gasteiger partial charge on any atom is 0.573 e. The van der Waals surface area contributed by atoms with Gasteiger partial charge in [0.25, 0.3) is 0 Å². The second-order valence-corrected chi connectivity index (χ2v) is 8.31. The summed E-state index contributed by atoms with van der Waals surface area (Å²) in [5, 5.41) is 16.6. The Morgan fingerprint density at radius 3 is 2.48 bits per heavy atom. The first kappa shape index (κ1) is 24.9. The molecule has 6 nitrogen and oxygen atoms in total. The highest BCUT2D eigenvalue weighted by Crippen LogP contribution is 2.32. The van der Waals surface area contributed by atoms with Gasteiger partial charge < -0.3 is 20.5 Å². The number of halogens is 5. The van der Waals surface area contributed by atoms with E-state index >= 15 is 0 Å². The summed E-state index contributed by atoms with van der Waals surface area (Å²) >= 11 is 12.3. The lowest BCUT2D eigenvalue weighted by molar-refractivity contribution is -0.274. The third kappa shape index (κ3) is 7.12. The van der Waals surface area contributed by atoms with Crippen LogP contribution in [0.25, 0.3) is 11.3 Å². The number of aliphatic hydroxyl groups is 1. The van der Waals surface area contributed by atoms with Crippen molar-refractivity contribution in [2.75, 3.05) is 17.2 Å². The molecule has 176 valence electrons. The Kier molecular flexibility index (Phi) is 7.88. The molecule has 0 saturated heterocycles. The van der Waals surface area contributed by atoms with Crippen LogP contribution < -0.4 is 15.4 Å². The maximum absolute atomic E-state index is 12.7. The standard InChI is InChI=1S/C22H21Cl2F3N4O2/c1-12(2)19(11-32)30-21-29-17(13-4-3-5-15(8-13)33-22(25,26)27)10-20(31-21)28-18-9-14(23)6-7-16(18)24/h3-10,12,19,32H,11H2,1-2H3,(H2,28,29,30,31)/t19-/m0/s1. The number of hydrogen-bond acceptors (Lipinski definition) is 6. The van der Waals surface area contributed by atoms with E-state index in [1.165, 1.54) is 18.2 Å².